The van der Waals surface area contributed by atoms with Gasteiger partial charge < -0.3 is 20.3 Å². The van der Waals surface area contributed by atoms with Crippen molar-refractivity contribution in [2.24, 2.45) is 0 Å². The number of hydrogen-bond donors (Lipinski definition) is 2. The number of aromatic nitrogens is 1. The van der Waals surface area contributed by atoms with Gasteiger partial charge in [0.05, 0.1) is 0 Å². The normalized spacial score (nSPS) is 20.6. The molecule has 1 aromatic carbocycles. The number of carbonyl (C=O) groups excluding carboxylic acids is 2. The molecule has 4 rings (SSSR count). The zero-order valence-electron chi connectivity index (χ0n) is 25.1. The van der Waals surface area contributed by atoms with Crippen LogP contribution in [0.2, 0.25) is 0 Å². The zero-order valence-corrected chi connectivity index (χ0v) is 25.1. The lowest BCUT2D eigenvalue weighted by atomic mass is 9.89. The first-order chi connectivity index (χ1) is 19.1. The maximum absolute atomic E-state index is 13.6. The summed E-state index contributed by atoms with van der Waals surface area (Å²) in [5, 5.41) is 6.26. The lowest BCUT2D eigenvalue weighted by Crippen LogP contribution is -2.45. The topological polar surface area (TPSA) is 83.6 Å². The van der Waals surface area contributed by atoms with Crippen LogP contribution in [0.4, 0.5) is 10.5 Å². The van der Waals surface area contributed by atoms with E-state index in [-0.39, 0.29) is 18.0 Å². The Hall–Kier alpha value is -3.35. The molecule has 2 aliphatic rings. The van der Waals surface area contributed by atoms with E-state index < -0.39 is 5.60 Å². The number of carbonyl (C=O) groups is 2. The Morgan fingerprint density at radius 3 is 2.58 bits per heavy atom. The van der Waals surface area contributed by atoms with Gasteiger partial charge in [-0.05, 0) is 121 Å². The van der Waals surface area contributed by atoms with E-state index in [0.29, 0.717) is 19.0 Å². The highest BCUT2D eigenvalue weighted by Gasteiger charge is 2.29. The first-order valence-corrected chi connectivity index (χ1v) is 14.8. The van der Waals surface area contributed by atoms with Crippen LogP contribution in [0.3, 0.4) is 0 Å². The molecule has 1 aliphatic carbocycles. The fraction of sp³-hybridized carbons (Fsp3) is 0.545. The molecule has 0 unspecified atom stereocenters. The van der Waals surface area contributed by atoms with Crippen LogP contribution < -0.4 is 15.5 Å². The highest BCUT2D eigenvalue weighted by molar-refractivity contribution is 5.97. The highest BCUT2D eigenvalue weighted by Crippen LogP contribution is 2.32. The lowest BCUT2D eigenvalue weighted by molar-refractivity contribution is 0.0491. The number of benzene rings is 1. The Morgan fingerprint density at radius 1 is 1.12 bits per heavy atom. The summed E-state index contributed by atoms with van der Waals surface area (Å²) >= 11 is 0. The van der Waals surface area contributed by atoms with Crippen molar-refractivity contribution in [2.75, 3.05) is 11.4 Å². The molecule has 40 heavy (non-hydrogen) atoms. The third-order valence-electron chi connectivity index (χ3n) is 7.95. The quantitative estimate of drug-likeness (QED) is 0.438. The van der Waals surface area contributed by atoms with Crippen molar-refractivity contribution in [1.29, 1.82) is 0 Å². The molecule has 2 amide bonds. The van der Waals surface area contributed by atoms with Crippen LogP contribution >= 0.6 is 0 Å². The summed E-state index contributed by atoms with van der Waals surface area (Å²) in [5.74, 6) is -0.0435. The van der Waals surface area contributed by atoms with Crippen molar-refractivity contribution < 1.29 is 14.3 Å². The van der Waals surface area contributed by atoms with Gasteiger partial charge in [0.25, 0.3) is 5.91 Å². The third kappa shape index (κ3) is 7.43. The fourth-order valence-electron chi connectivity index (χ4n) is 6.12. The van der Waals surface area contributed by atoms with E-state index in [4.69, 9.17) is 4.74 Å². The van der Waals surface area contributed by atoms with Crippen molar-refractivity contribution in [3.8, 4) is 0 Å². The highest BCUT2D eigenvalue weighted by atomic mass is 16.6. The summed E-state index contributed by atoms with van der Waals surface area (Å²) in [6, 6.07) is 8.74. The molecule has 0 atom stereocenters. The molecule has 2 N–H and O–H groups in total. The smallest absolute Gasteiger partial charge is 0.407 e. The number of ether oxygens (including phenoxy) is 1. The molecule has 0 saturated heterocycles. The first-order valence-electron chi connectivity index (χ1n) is 14.8. The fourth-order valence-corrected chi connectivity index (χ4v) is 6.12. The van der Waals surface area contributed by atoms with Gasteiger partial charge in [-0.15, -0.1) is 0 Å². The summed E-state index contributed by atoms with van der Waals surface area (Å²) < 4.78 is 5.46. The number of fused-ring (bicyclic) bond motifs is 2. The maximum atomic E-state index is 13.6. The Labute approximate surface area is 239 Å². The Bertz CT molecular complexity index is 1240. The number of pyridine rings is 1. The van der Waals surface area contributed by atoms with E-state index in [0.717, 1.165) is 78.8 Å². The minimum Gasteiger partial charge on any atom is -0.444 e. The van der Waals surface area contributed by atoms with Crippen LogP contribution in [0, 0.1) is 13.8 Å². The molecule has 0 bridgehead atoms. The third-order valence-corrected chi connectivity index (χ3v) is 7.95. The summed E-state index contributed by atoms with van der Waals surface area (Å²) in [6.45, 7) is 13.2. The number of nitrogens with zero attached hydrogens (tertiary/aromatic N) is 2. The molecule has 7 heteroatoms. The largest absolute Gasteiger partial charge is 0.444 e. The molecule has 7 nitrogen and oxygen atoms in total. The molecule has 1 saturated carbocycles. The van der Waals surface area contributed by atoms with Crippen LogP contribution in [0.15, 0.2) is 36.4 Å². The summed E-state index contributed by atoms with van der Waals surface area (Å²) in [5.41, 5.74) is 6.83. The maximum Gasteiger partial charge on any atom is 0.407 e. The van der Waals surface area contributed by atoms with Crippen LogP contribution in [0.25, 0.3) is 0 Å². The number of anilines is 1. The predicted molar refractivity (Wildman–Crippen MR) is 161 cm³/mol. The number of hydrogen-bond acceptors (Lipinski definition) is 5. The zero-order chi connectivity index (χ0) is 28.9. The number of rotatable bonds is 4. The van der Waals surface area contributed by atoms with E-state index in [2.05, 4.69) is 51.7 Å². The summed E-state index contributed by atoms with van der Waals surface area (Å²) in [6.07, 6.45) is 10.5. The van der Waals surface area contributed by atoms with Crippen LogP contribution in [0.1, 0.15) is 98.2 Å². The van der Waals surface area contributed by atoms with E-state index in [1.165, 1.54) is 5.56 Å². The number of alkyl carbamates (subject to hydrolysis) is 1. The Kier molecular flexibility index (Phi) is 9.54. The summed E-state index contributed by atoms with van der Waals surface area (Å²) in [4.78, 5) is 33.0. The minimum atomic E-state index is -0.501. The number of allylic oxidation sites excluding steroid dienone is 2. The van der Waals surface area contributed by atoms with Gasteiger partial charge in [-0.1, -0.05) is 18.2 Å². The predicted octanol–water partition coefficient (Wildman–Crippen LogP) is 6.34. The molecule has 2 heterocycles. The van der Waals surface area contributed by atoms with Crippen molar-refractivity contribution in [3.63, 3.8) is 0 Å². The van der Waals surface area contributed by atoms with Gasteiger partial charge in [-0.25, -0.2) is 4.79 Å². The number of aryl methyl sites for hydroxylation is 3. The van der Waals surface area contributed by atoms with Crippen LogP contribution in [0.5, 0.6) is 0 Å². The van der Waals surface area contributed by atoms with E-state index in [1.54, 1.807) is 0 Å². The van der Waals surface area contributed by atoms with Gasteiger partial charge in [-0.2, -0.15) is 0 Å². The van der Waals surface area contributed by atoms with Gasteiger partial charge in [-0.3, -0.25) is 9.78 Å². The van der Waals surface area contributed by atoms with E-state index >= 15 is 0 Å². The molecule has 216 valence electrons. The van der Waals surface area contributed by atoms with Crippen molar-refractivity contribution >= 4 is 17.7 Å². The van der Waals surface area contributed by atoms with Crippen LogP contribution in [-0.4, -0.2) is 41.2 Å². The second-order valence-electron chi connectivity index (χ2n) is 12.1. The average molecular weight is 547 g/mol. The molecule has 1 fully saturated rings. The molecular weight excluding hydrogens is 500 g/mol. The summed E-state index contributed by atoms with van der Waals surface area (Å²) in [7, 11) is 0. The van der Waals surface area contributed by atoms with E-state index in [9.17, 15) is 9.59 Å². The minimum absolute atomic E-state index is 0.0435. The van der Waals surface area contributed by atoms with Gasteiger partial charge in [0.2, 0.25) is 0 Å². The van der Waals surface area contributed by atoms with Crippen molar-refractivity contribution in [1.82, 2.24) is 15.6 Å². The monoisotopic (exact) mass is 546 g/mol. The van der Waals surface area contributed by atoms with Gasteiger partial charge in [0.1, 0.15) is 5.60 Å². The lowest BCUT2D eigenvalue weighted by Gasteiger charge is -2.39. The van der Waals surface area contributed by atoms with Crippen LogP contribution in [-0.2, 0) is 24.1 Å². The number of amides is 2. The number of nitrogens with one attached hydrogen (secondary N) is 2. The second kappa shape index (κ2) is 12.9. The molecule has 2 aromatic rings. The van der Waals surface area contributed by atoms with Crippen molar-refractivity contribution in [3.05, 3.63) is 70.1 Å². The molecule has 0 spiro atoms. The molecular formula is C33H46N4O3. The molecule has 1 aromatic heterocycles. The van der Waals surface area contributed by atoms with Gasteiger partial charge >= 0.3 is 6.09 Å². The standard InChI is InChI=1S/C33H46N4O3/c1-7-37(26-18-16-25(17-19-26)36-32(39)40-33(4,5)6)30-15-11-14-28-27(30)13-10-8-9-12-24-20-22(2)35-23(3)29(24)21-34-31(28)38/h8,10-11,14-15,20,25-26H,7,9,12-13,16-19,21H2,1-6H3,(H,34,38)(H,36,39)/b10-8+/t25-,26-. The SMILES string of the molecule is CCN(c1cccc2c1C/C=C/CCc1cc(C)nc(C)c1CNC2=O)[C@H]1CC[C@H](NC(=O)OC(C)(C)C)CC1. The van der Waals surface area contributed by atoms with E-state index in [1.807, 2.05) is 46.8 Å². The molecule has 0 radical (unpaired) electrons. The van der Waals surface area contributed by atoms with Crippen molar-refractivity contribution in [2.45, 2.75) is 111 Å². The molecule has 1 aliphatic heterocycles. The van der Waals surface area contributed by atoms with Gasteiger partial charge in [0, 0.05) is 47.8 Å². The first kappa shape index (κ1) is 29.6. The Morgan fingerprint density at radius 2 is 1.88 bits per heavy atom. The Balaban J connectivity index is 1.53. The second-order valence-corrected chi connectivity index (χ2v) is 12.1. The van der Waals surface area contributed by atoms with Gasteiger partial charge in [0.15, 0.2) is 0 Å². The average Bonchev–Trinajstić information content (AvgIpc) is 2.87.